The Labute approximate surface area is 105 Å². The third-order valence-electron chi connectivity index (χ3n) is 4.96. The van der Waals surface area contributed by atoms with E-state index in [4.69, 9.17) is 4.43 Å². The molecule has 0 amide bonds. The second kappa shape index (κ2) is 3.58. The molecule has 0 N–H and O–H groups in total. The van der Waals surface area contributed by atoms with Crippen LogP contribution in [0.15, 0.2) is 0 Å². The van der Waals surface area contributed by atoms with Gasteiger partial charge in [-0.25, -0.2) is 0 Å². The van der Waals surface area contributed by atoms with Gasteiger partial charge >= 0.3 is 0 Å². The fourth-order valence-corrected chi connectivity index (χ4v) is 6.20. The van der Waals surface area contributed by atoms with Crippen LogP contribution >= 0.6 is 0 Å². The van der Waals surface area contributed by atoms with Crippen molar-refractivity contribution in [3.05, 3.63) is 0 Å². The van der Waals surface area contributed by atoms with Gasteiger partial charge in [0.2, 0.25) is 0 Å². The van der Waals surface area contributed by atoms with Crippen LogP contribution in [-0.2, 0) is 4.43 Å². The van der Waals surface area contributed by atoms with Crippen LogP contribution in [0.5, 0.6) is 0 Å². The molecule has 0 aromatic carbocycles. The van der Waals surface area contributed by atoms with E-state index in [9.17, 15) is 5.26 Å². The molecular weight excluding hydrogens is 228 g/mol. The molecule has 0 spiro atoms. The van der Waals surface area contributed by atoms with Gasteiger partial charge in [-0.1, -0.05) is 0 Å². The SMILES string of the molecule is C[Si](C)(C)[18O][C@]1(C#N)C[C@H]2C[C@@H]3C[C@H](C2)[C@@H]1C3. The van der Waals surface area contributed by atoms with Gasteiger partial charge in [0.05, 0.1) is 6.07 Å². The molecule has 3 bridgehead atoms. The molecule has 2 nitrogen and oxygen atoms in total. The first-order valence-corrected chi connectivity index (χ1v) is 10.4. The molecule has 0 unspecified atom stereocenters. The van der Waals surface area contributed by atoms with Crippen molar-refractivity contribution in [2.75, 3.05) is 0 Å². The summed E-state index contributed by atoms with van der Waals surface area (Å²) in [6.45, 7) is 6.65. The summed E-state index contributed by atoms with van der Waals surface area (Å²) >= 11 is 0. The molecule has 3 aliphatic rings. The Morgan fingerprint density at radius 1 is 1.12 bits per heavy atom. The van der Waals surface area contributed by atoms with Crippen LogP contribution in [0.25, 0.3) is 0 Å². The smallest absolute Gasteiger partial charge is 0.185 e. The van der Waals surface area contributed by atoms with Gasteiger partial charge in [0.1, 0.15) is 5.60 Å². The molecule has 3 fully saturated rings. The summed E-state index contributed by atoms with van der Waals surface area (Å²) in [5.41, 5.74) is -0.413. The van der Waals surface area contributed by atoms with E-state index in [0.29, 0.717) is 5.92 Å². The highest BCUT2D eigenvalue weighted by Crippen LogP contribution is 2.60. The zero-order valence-electron chi connectivity index (χ0n) is 11.2. The van der Waals surface area contributed by atoms with E-state index in [1.165, 1.54) is 25.7 Å². The molecule has 3 rings (SSSR count). The molecule has 3 saturated carbocycles. The summed E-state index contributed by atoms with van der Waals surface area (Å²) in [6, 6.07) is 2.61. The average molecular weight is 251 g/mol. The van der Waals surface area contributed by atoms with E-state index in [2.05, 4.69) is 25.7 Å². The van der Waals surface area contributed by atoms with Crippen molar-refractivity contribution in [1.82, 2.24) is 0 Å². The predicted octanol–water partition coefficient (Wildman–Crippen LogP) is 3.56. The van der Waals surface area contributed by atoms with Gasteiger partial charge in [-0.05, 0) is 69.5 Å². The monoisotopic (exact) mass is 251 g/mol. The number of nitrogens with zero attached hydrogens (tertiary/aromatic N) is 1. The van der Waals surface area contributed by atoms with E-state index in [1.54, 1.807) is 0 Å². The van der Waals surface area contributed by atoms with Crippen LogP contribution < -0.4 is 0 Å². The summed E-state index contributed by atoms with van der Waals surface area (Å²) in [7, 11) is -1.63. The van der Waals surface area contributed by atoms with Crippen molar-refractivity contribution in [3.8, 4) is 6.07 Å². The number of fused-ring (bicyclic) bond motifs is 2. The van der Waals surface area contributed by atoms with Crippen LogP contribution in [0.2, 0.25) is 19.6 Å². The zero-order chi connectivity index (χ0) is 12.3. The average Bonchev–Trinajstić information content (AvgIpc) is 2.45. The Morgan fingerprint density at radius 3 is 2.47 bits per heavy atom. The highest BCUT2D eigenvalue weighted by Gasteiger charge is 2.58. The molecular formula is C14H23NOSi. The lowest BCUT2D eigenvalue weighted by Gasteiger charge is -2.47. The molecule has 0 saturated heterocycles. The highest BCUT2D eigenvalue weighted by atomic mass is 28.4. The standard InChI is InChI=1S/C14H23NOSi/c1-17(2,3)16-14(9-15)8-11-4-10-5-12(6-11)13(14)7-10/h10-13H,4-8H2,1-3H3/t10-,11+,12-,13+,14+/m1/s1/i16+2. The Kier molecular flexibility index (Phi) is 2.47. The summed E-state index contributed by atoms with van der Waals surface area (Å²) in [5, 5.41) is 9.74. The lowest BCUT2D eigenvalue weighted by Crippen LogP contribution is -2.52. The Balaban J connectivity index is 1.93. The molecule has 3 aliphatic carbocycles. The zero-order valence-corrected chi connectivity index (χ0v) is 12.2. The van der Waals surface area contributed by atoms with E-state index in [1.807, 2.05) is 0 Å². The summed E-state index contributed by atoms with van der Waals surface area (Å²) in [5.74, 6) is 3.02. The van der Waals surface area contributed by atoms with E-state index in [0.717, 1.165) is 24.2 Å². The quantitative estimate of drug-likeness (QED) is 0.555. The van der Waals surface area contributed by atoms with Crippen molar-refractivity contribution in [1.29, 1.82) is 5.26 Å². The van der Waals surface area contributed by atoms with E-state index < -0.39 is 13.9 Å². The van der Waals surface area contributed by atoms with Crippen molar-refractivity contribution >= 4 is 8.32 Å². The molecule has 5 atom stereocenters. The van der Waals surface area contributed by atoms with Crippen molar-refractivity contribution in [3.63, 3.8) is 0 Å². The van der Waals surface area contributed by atoms with Crippen LogP contribution in [0, 0.1) is 35.0 Å². The van der Waals surface area contributed by atoms with Crippen LogP contribution in [0.1, 0.15) is 32.1 Å². The van der Waals surface area contributed by atoms with Gasteiger partial charge in [0, 0.05) is 5.92 Å². The predicted molar refractivity (Wildman–Crippen MR) is 69.8 cm³/mol. The van der Waals surface area contributed by atoms with Crippen LogP contribution in [0.4, 0.5) is 0 Å². The van der Waals surface area contributed by atoms with Crippen molar-refractivity contribution < 1.29 is 4.43 Å². The Morgan fingerprint density at radius 2 is 1.82 bits per heavy atom. The molecule has 94 valence electrons. The minimum atomic E-state index is -1.63. The molecule has 17 heavy (non-hydrogen) atoms. The highest BCUT2D eigenvalue weighted by molar-refractivity contribution is 6.69. The fraction of sp³-hybridized carbons (Fsp3) is 0.929. The summed E-state index contributed by atoms with van der Waals surface area (Å²) < 4.78 is 6.40. The van der Waals surface area contributed by atoms with Crippen LogP contribution in [0.3, 0.4) is 0 Å². The van der Waals surface area contributed by atoms with Crippen LogP contribution in [-0.4, -0.2) is 13.9 Å². The first-order chi connectivity index (χ1) is 7.92. The van der Waals surface area contributed by atoms with Gasteiger partial charge in [0.15, 0.2) is 8.32 Å². The molecule has 0 radical (unpaired) electrons. The summed E-state index contributed by atoms with van der Waals surface area (Å²) in [4.78, 5) is 0. The Hall–Kier alpha value is -0.333. The maximum Gasteiger partial charge on any atom is 0.185 e. The van der Waals surface area contributed by atoms with Gasteiger partial charge in [-0.2, -0.15) is 5.26 Å². The number of rotatable bonds is 2. The third kappa shape index (κ3) is 1.86. The lowest BCUT2D eigenvalue weighted by molar-refractivity contribution is -0.0225. The van der Waals surface area contributed by atoms with Gasteiger partial charge in [0.25, 0.3) is 0 Å². The fourth-order valence-electron chi connectivity index (χ4n) is 4.82. The Bertz CT molecular complexity index is 367. The van der Waals surface area contributed by atoms with Gasteiger partial charge < -0.3 is 4.43 Å². The van der Waals surface area contributed by atoms with E-state index in [-0.39, 0.29) is 0 Å². The normalized spacial score (nSPS) is 48.1. The first kappa shape index (κ1) is 11.7. The lowest BCUT2D eigenvalue weighted by atomic mass is 9.66. The largest absolute Gasteiger partial charge is 0.400 e. The maximum absolute atomic E-state index is 9.74. The van der Waals surface area contributed by atoms with E-state index >= 15 is 0 Å². The number of nitriles is 1. The molecule has 0 heterocycles. The molecule has 0 aromatic heterocycles. The number of hydrogen-bond acceptors (Lipinski definition) is 2. The first-order valence-electron chi connectivity index (χ1n) is 7.03. The molecule has 0 aromatic rings. The van der Waals surface area contributed by atoms with Gasteiger partial charge in [-0.3, -0.25) is 0 Å². The molecule has 0 aliphatic heterocycles. The minimum absolute atomic E-state index is 0.413. The number of hydrogen-bond donors (Lipinski definition) is 0. The maximum atomic E-state index is 9.74. The molecule has 3 heteroatoms. The second-order valence-corrected chi connectivity index (χ2v) is 11.9. The third-order valence-corrected chi connectivity index (χ3v) is 5.94. The van der Waals surface area contributed by atoms with Crippen molar-refractivity contribution in [2.45, 2.75) is 57.3 Å². The second-order valence-electron chi connectivity index (χ2n) is 7.46. The summed E-state index contributed by atoms with van der Waals surface area (Å²) in [6.07, 6.45) is 6.40. The van der Waals surface area contributed by atoms with Gasteiger partial charge in [-0.15, -0.1) is 0 Å². The minimum Gasteiger partial charge on any atom is -0.400 e. The van der Waals surface area contributed by atoms with Crippen molar-refractivity contribution in [2.24, 2.45) is 23.7 Å². The topological polar surface area (TPSA) is 33.0 Å².